The number of halogens is 1. The highest BCUT2D eigenvalue weighted by Gasteiger charge is 2.29. The standard InChI is InChI=1S/C16H23ClN2O/c1-11(2)16(20)19-8-7-18-15-9-13(10-15)12-3-5-14(17)6-4-12/h3-6,11,13,15,18H,7-10H2,1-2H3,(H,19,20). The molecule has 0 heterocycles. The summed E-state index contributed by atoms with van der Waals surface area (Å²) in [5.41, 5.74) is 1.38. The van der Waals surface area contributed by atoms with Crippen LogP contribution < -0.4 is 10.6 Å². The maximum absolute atomic E-state index is 11.4. The van der Waals surface area contributed by atoms with Crippen LogP contribution in [-0.4, -0.2) is 25.0 Å². The zero-order valence-corrected chi connectivity index (χ0v) is 12.9. The van der Waals surface area contributed by atoms with Gasteiger partial charge in [0.05, 0.1) is 0 Å². The summed E-state index contributed by atoms with van der Waals surface area (Å²) in [4.78, 5) is 11.4. The highest BCUT2D eigenvalue weighted by Crippen LogP contribution is 2.37. The Kier molecular flexibility index (Phi) is 5.44. The van der Waals surface area contributed by atoms with Gasteiger partial charge in [-0.1, -0.05) is 37.6 Å². The average molecular weight is 295 g/mol. The van der Waals surface area contributed by atoms with Crippen LogP contribution in [0.1, 0.15) is 38.2 Å². The van der Waals surface area contributed by atoms with E-state index in [0.717, 1.165) is 11.6 Å². The third kappa shape index (κ3) is 4.22. The molecule has 0 aliphatic heterocycles. The topological polar surface area (TPSA) is 41.1 Å². The van der Waals surface area contributed by atoms with Crippen molar-refractivity contribution in [3.8, 4) is 0 Å². The fourth-order valence-corrected chi connectivity index (χ4v) is 2.58. The van der Waals surface area contributed by atoms with Crippen molar-refractivity contribution in [1.29, 1.82) is 0 Å². The fraction of sp³-hybridized carbons (Fsp3) is 0.562. The Labute approximate surface area is 126 Å². The molecule has 1 aromatic rings. The summed E-state index contributed by atoms with van der Waals surface area (Å²) in [6.45, 7) is 5.37. The molecule has 0 saturated heterocycles. The van der Waals surface area contributed by atoms with E-state index in [2.05, 4.69) is 22.8 Å². The molecule has 0 radical (unpaired) electrons. The average Bonchev–Trinajstić information content (AvgIpc) is 2.37. The fourth-order valence-electron chi connectivity index (χ4n) is 2.46. The van der Waals surface area contributed by atoms with Gasteiger partial charge in [-0.3, -0.25) is 4.79 Å². The van der Waals surface area contributed by atoms with E-state index in [1.807, 2.05) is 26.0 Å². The van der Waals surface area contributed by atoms with Gasteiger partial charge in [0, 0.05) is 30.1 Å². The van der Waals surface area contributed by atoms with Crippen LogP contribution in [0.4, 0.5) is 0 Å². The van der Waals surface area contributed by atoms with Gasteiger partial charge >= 0.3 is 0 Å². The molecule has 1 fully saturated rings. The van der Waals surface area contributed by atoms with Gasteiger partial charge in [-0.15, -0.1) is 0 Å². The minimum absolute atomic E-state index is 0.0630. The molecule has 2 N–H and O–H groups in total. The van der Waals surface area contributed by atoms with Gasteiger partial charge in [0.1, 0.15) is 0 Å². The van der Waals surface area contributed by atoms with E-state index >= 15 is 0 Å². The largest absolute Gasteiger partial charge is 0.355 e. The highest BCUT2D eigenvalue weighted by molar-refractivity contribution is 6.30. The van der Waals surface area contributed by atoms with Crippen LogP contribution in [-0.2, 0) is 4.79 Å². The van der Waals surface area contributed by atoms with Crippen molar-refractivity contribution in [2.45, 2.75) is 38.6 Å². The first-order chi connectivity index (χ1) is 9.56. The van der Waals surface area contributed by atoms with Gasteiger partial charge in [0.15, 0.2) is 0 Å². The van der Waals surface area contributed by atoms with E-state index in [9.17, 15) is 4.79 Å². The van der Waals surface area contributed by atoms with Crippen LogP contribution in [0.5, 0.6) is 0 Å². The van der Waals surface area contributed by atoms with Gasteiger partial charge in [-0.25, -0.2) is 0 Å². The highest BCUT2D eigenvalue weighted by atomic mass is 35.5. The number of hydrogen-bond donors (Lipinski definition) is 2. The normalized spacial score (nSPS) is 21.6. The van der Waals surface area contributed by atoms with E-state index in [-0.39, 0.29) is 11.8 Å². The molecule has 110 valence electrons. The molecule has 0 bridgehead atoms. The number of carbonyl (C=O) groups is 1. The van der Waals surface area contributed by atoms with Crippen molar-refractivity contribution in [2.24, 2.45) is 5.92 Å². The van der Waals surface area contributed by atoms with Crippen molar-refractivity contribution in [3.05, 3.63) is 34.9 Å². The van der Waals surface area contributed by atoms with E-state index in [4.69, 9.17) is 11.6 Å². The Morgan fingerprint density at radius 1 is 1.25 bits per heavy atom. The SMILES string of the molecule is CC(C)C(=O)NCCNC1CC(c2ccc(Cl)cc2)C1. The molecule has 1 aromatic carbocycles. The molecule has 3 nitrogen and oxygen atoms in total. The lowest BCUT2D eigenvalue weighted by atomic mass is 9.76. The zero-order valence-electron chi connectivity index (χ0n) is 12.2. The monoisotopic (exact) mass is 294 g/mol. The van der Waals surface area contributed by atoms with Crippen LogP contribution in [0.3, 0.4) is 0 Å². The van der Waals surface area contributed by atoms with Gasteiger partial charge in [0.25, 0.3) is 0 Å². The molecule has 1 amide bonds. The second kappa shape index (κ2) is 7.09. The van der Waals surface area contributed by atoms with Gasteiger partial charge in [-0.05, 0) is 36.5 Å². The Balaban J connectivity index is 1.60. The quantitative estimate of drug-likeness (QED) is 0.792. The molecule has 1 aliphatic rings. The summed E-state index contributed by atoms with van der Waals surface area (Å²) in [5, 5.41) is 7.20. The molecule has 1 saturated carbocycles. The van der Waals surface area contributed by atoms with Crippen LogP contribution in [0, 0.1) is 5.92 Å². The molecule has 0 atom stereocenters. The van der Waals surface area contributed by atoms with Crippen LogP contribution in [0.2, 0.25) is 5.02 Å². The Hall–Kier alpha value is -1.06. The van der Waals surface area contributed by atoms with Crippen molar-refractivity contribution >= 4 is 17.5 Å². The maximum Gasteiger partial charge on any atom is 0.222 e. The van der Waals surface area contributed by atoms with Crippen molar-refractivity contribution in [3.63, 3.8) is 0 Å². The van der Waals surface area contributed by atoms with Crippen molar-refractivity contribution in [2.75, 3.05) is 13.1 Å². The number of amides is 1. The van der Waals surface area contributed by atoms with Crippen molar-refractivity contribution < 1.29 is 4.79 Å². The molecule has 1 aliphatic carbocycles. The van der Waals surface area contributed by atoms with Gasteiger partial charge in [-0.2, -0.15) is 0 Å². The van der Waals surface area contributed by atoms with Gasteiger partial charge < -0.3 is 10.6 Å². The minimum Gasteiger partial charge on any atom is -0.355 e. The molecule has 2 rings (SSSR count). The first-order valence-electron chi connectivity index (χ1n) is 7.33. The maximum atomic E-state index is 11.4. The third-order valence-corrected chi connectivity index (χ3v) is 4.11. The molecule has 0 aromatic heterocycles. The molecular weight excluding hydrogens is 272 g/mol. The third-order valence-electron chi connectivity index (χ3n) is 3.86. The van der Waals surface area contributed by atoms with Gasteiger partial charge in [0.2, 0.25) is 5.91 Å². The Morgan fingerprint density at radius 3 is 2.50 bits per heavy atom. The number of carbonyl (C=O) groups excluding carboxylic acids is 1. The summed E-state index contributed by atoms with van der Waals surface area (Å²) in [6, 6.07) is 8.72. The summed E-state index contributed by atoms with van der Waals surface area (Å²) in [6.07, 6.45) is 2.33. The smallest absolute Gasteiger partial charge is 0.222 e. The lowest BCUT2D eigenvalue weighted by molar-refractivity contribution is -0.123. The van der Waals surface area contributed by atoms with E-state index in [0.29, 0.717) is 18.5 Å². The van der Waals surface area contributed by atoms with Crippen molar-refractivity contribution in [1.82, 2.24) is 10.6 Å². The van der Waals surface area contributed by atoms with Crippen LogP contribution in [0.15, 0.2) is 24.3 Å². The van der Waals surface area contributed by atoms with Crippen LogP contribution >= 0.6 is 11.6 Å². The van der Waals surface area contributed by atoms with Crippen LogP contribution in [0.25, 0.3) is 0 Å². The first-order valence-corrected chi connectivity index (χ1v) is 7.70. The second-order valence-corrected chi connectivity index (χ2v) is 6.25. The van der Waals surface area contributed by atoms with E-state index in [1.54, 1.807) is 0 Å². The number of hydrogen-bond acceptors (Lipinski definition) is 2. The molecule has 4 heteroatoms. The lowest BCUT2D eigenvalue weighted by Gasteiger charge is -2.36. The summed E-state index contributed by atoms with van der Waals surface area (Å²) in [5.74, 6) is 0.836. The zero-order chi connectivity index (χ0) is 14.5. The predicted octanol–water partition coefficient (Wildman–Crippen LogP) is 2.95. The summed E-state index contributed by atoms with van der Waals surface area (Å²) in [7, 11) is 0. The Bertz CT molecular complexity index is 438. The second-order valence-electron chi connectivity index (χ2n) is 5.82. The Morgan fingerprint density at radius 2 is 1.90 bits per heavy atom. The first kappa shape index (κ1) is 15.3. The lowest BCUT2D eigenvalue weighted by Crippen LogP contribution is -2.43. The molecule has 0 unspecified atom stereocenters. The molecule has 0 spiro atoms. The van der Waals surface area contributed by atoms with E-state index < -0.39 is 0 Å². The molecule has 20 heavy (non-hydrogen) atoms. The van der Waals surface area contributed by atoms with E-state index in [1.165, 1.54) is 18.4 Å². The minimum atomic E-state index is 0.0630. The molecular formula is C16H23ClN2O. The number of rotatable bonds is 6. The summed E-state index contributed by atoms with van der Waals surface area (Å²) < 4.78 is 0. The number of nitrogens with one attached hydrogen (secondary N) is 2. The predicted molar refractivity (Wildman–Crippen MR) is 83.1 cm³/mol. The summed E-state index contributed by atoms with van der Waals surface area (Å²) >= 11 is 5.89. The number of benzene rings is 1.